The van der Waals surface area contributed by atoms with Gasteiger partial charge in [0.05, 0.1) is 24.5 Å². The standard InChI is InChI=1S/C21H24F2N4O3S/c1-3-4-7-27-19-11-26(10-18(19)25-21(27)31(2,28)29)14-9-17(24)20(30-12-14)15-8-13(22)5-6-16(15)23/h5-6,8,14,17,20H,7,9-12,24H2,1-2H3/t14?,17-,20+/m0/s1. The lowest BCUT2D eigenvalue weighted by atomic mass is 9.93. The van der Waals surface area contributed by atoms with Crippen molar-refractivity contribution in [3.63, 3.8) is 0 Å². The van der Waals surface area contributed by atoms with Gasteiger partial charge in [-0.15, -0.1) is 5.92 Å². The average molecular weight is 451 g/mol. The lowest BCUT2D eigenvalue weighted by Gasteiger charge is -2.38. The molecule has 3 atom stereocenters. The minimum absolute atomic E-state index is 0.0261. The first-order valence-electron chi connectivity index (χ1n) is 9.93. The van der Waals surface area contributed by atoms with Crippen LogP contribution in [0.4, 0.5) is 8.78 Å². The van der Waals surface area contributed by atoms with Crippen molar-refractivity contribution in [2.75, 3.05) is 12.9 Å². The molecule has 2 aliphatic heterocycles. The topological polar surface area (TPSA) is 90.5 Å². The summed E-state index contributed by atoms with van der Waals surface area (Å²) < 4.78 is 59.5. The van der Waals surface area contributed by atoms with Crippen LogP contribution in [0.3, 0.4) is 0 Å². The Labute approximate surface area is 180 Å². The molecule has 0 spiro atoms. The molecule has 1 aromatic heterocycles. The number of nitrogens with zero attached hydrogens (tertiary/aromatic N) is 3. The summed E-state index contributed by atoms with van der Waals surface area (Å²) >= 11 is 0. The molecule has 31 heavy (non-hydrogen) atoms. The average Bonchev–Trinajstić information content (AvgIpc) is 3.26. The van der Waals surface area contributed by atoms with Crippen molar-refractivity contribution in [3.05, 3.63) is 46.8 Å². The van der Waals surface area contributed by atoms with E-state index in [4.69, 9.17) is 10.5 Å². The number of imidazole rings is 1. The Morgan fingerprint density at radius 3 is 2.77 bits per heavy atom. The van der Waals surface area contributed by atoms with Crippen LogP contribution >= 0.6 is 0 Å². The van der Waals surface area contributed by atoms with Gasteiger partial charge in [-0.3, -0.25) is 4.90 Å². The number of fused-ring (bicyclic) bond motifs is 1. The summed E-state index contributed by atoms with van der Waals surface area (Å²) in [6.45, 7) is 3.19. The van der Waals surface area contributed by atoms with Gasteiger partial charge >= 0.3 is 0 Å². The van der Waals surface area contributed by atoms with E-state index in [0.29, 0.717) is 31.8 Å². The predicted molar refractivity (Wildman–Crippen MR) is 109 cm³/mol. The van der Waals surface area contributed by atoms with E-state index in [9.17, 15) is 17.2 Å². The fourth-order valence-electron chi connectivity index (χ4n) is 4.27. The molecule has 1 unspecified atom stereocenters. The molecule has 1 fully saturated rings. The molecule has 4 rings (SSSR count). The number of rotatable bonds is 4. The van der Waals surface area contributed by atoms with Gasteiger partial charge in [0.1, 0.15) is 17.7 Å². The van der Waals surface area contributed by atoms with Gasteiger partial charge in [-0.2, -0.15) is 0 Å². The van der Waals surface area contributed by atoms with Crippen LogP contribution in [0.15, 0.2) is 23.4 Å². The van der Waals surface area contributed by atoms with E-state index in [1.54, 1.807) is 11.5 Å². The summed E-state index contributed by atoms with van der Waals surface area (Å²) in [4.78, 5) is 6.49. The van der Waals surface area contributed by atoms with Gasteiger partial charge < -0.3 is 15.0 Å². The van der Waals surface area contributed by atoms with Gasteiger partial charge in [-0.1, -0.05) is 5.92 Å². The molecule has 1 saturated heterocycles. The molecule has 2 N–H and O–H groups in total. The Morgan fingerprint density at radius 1 is 1.32 bits per heavy atom. The first-order chi connectivity index (χ1) is 14.7. The number of hydrogen-bond acceptors (Lipinski definition) is 6. The van der Waals surface area contributed by atoms with E-state index in [1.807, 2.05) is 0 Å². The third kappa shape index (κ3) is 4.23. The molecule has 0 radical (unpaired) electrons. The van der Waals surface area contributed by atoms with Gasteiger partial charge in [0.2, 0.25) is 15.0 Å². The summed E-state index contributed by atoms with van der Waals surface area (Å²) in [7, 11) is -3.48. The maximum atomic E-state index is 14.2. The smallest absolute Gasteiger partial charge is 0.228 e. The molecule has 7 nitrogen and oxygen atoms in total. The number of halogens is 2. The first kappa shape index (κ1) is 21.9. The third-order valence-corrected chi connectivity index (χ3v) is 6.73. The largest absolute Gasteiger partial charge is 0.370 e. The number of aromatic nitrogens is 2. The highest BCUT2D eigenvalue weighted by Gasteiger charge is 2.38. The molecular formula is C21H24F2N4O3S. The minimum atomic E-state index is -3.48. The van der Waals surface area contributed by atoms with Crippen LogP contribution in [0.5, 0.6) is 0 Å². The minimum Gasteiger partial charge on any atom is -0.370 e. The SMILES string of the molecule is CC#CCn1c(S(C)(=O)=O)nc2c1CN(C1CO[C@H](c3cc(F)ccc3F)[C@@H](N)C1)C2. The van der Waals surface area contributed by atoms with Crippen LogP contribution in [0.25, 0.3) is 0 Å². The second-order valence-electron chi connectivity index (χ2n) is 7.95. The molecule has 1 aromatic carbocycles. The fourth-order valence-corrected chi connectivity index (χ4v) is 5.12. The molecule has 166 valence electrons. The second kappa shape index (κ2) is 8.31. The van der Waals surface area contributed by atoms with Gasteiger partial charge in [0.25, 0.3) is 0 Å². The molecule has 0 amide bonds. The molecule has 0 aliphatic carbocycles. The van der Waals surface area contributed by atoms with Gasteiger partial charge in [0, 0.05) is 37.0 Å². The zero-order chi connectivity index (χ0) is 22.3. The van der Waals surface area contributed by atoms with Crippen LogP contribution in [0.1, 0.15) is 36.4 Å². The van der Waals surface area contributed by atoms with E-state index < -0.39 is 33.6 Å². The summed E-state index contributed by atoms with van der Waals surface area (Å²) in [5.74, 6) is 4.61. The van der Waals surface area contributed by atoms with Crippen LogP contribution in [-0.2, 0) is 34.2 Å². The van der Waals surface area contributed by atoms with Crippen LogP contribution in [0, 0.1) is 23.5 Å². The number of hydrogen-bond donors (Lipinski definition) is 1. The van der Waals surface area contributed by atoms with Gasteiger partial charge in [-0.05, 0) is 31.5 Å². The van der Waals surface area contributed by atoms with Crippen molar-refractivity contribution in [1.82, 2.24) is 14.5 Å². The highest BCUT2D eigenvalue weighted by molar-refractivity contribution is 7.90. The van der Waals surface area contributed by atoms with Crippen molar-refractivity contribution in [3.8, 4) is 11.8 Å². The number of sulfone groups is 1. The van der Waals surface area contributed by atoms with Crippen LogP contribution in [0.2, 0.25) is 0 Å². The Kier molecular flexibility index (Phi) is 5.87. The van der Waals surface area contributed by atoms with Crippen LogP contribution < -0.4 is 5.73 Å². The van der Waals surface area contributed by atoms with Crippen molar-refractivity contribution in [1.29, 1.82) is 0 Å². The molecule has 3 heterocycles. The van der Waals surface area contributed by atoms with Crippen molar-refractivity contribution < 1.29 is 21.9 Å². The Morgan fingerprint density at radius 2 is 2.10 bits per heavy atom. The summed E-state index contributed by atoms with van der Waals surface area (Å²) in [5.41, 5.74) is 7.92. The van der Waals surface area contributed by atoms with Gasteiger partial charge in [0.15, 0.2) is 0 Å². The first-order valence-corrected chi connectivity index (χ1v) is 11.8. The van der Waals surface area contributed by atoms with Crippen molar-refractivity contribution in [2.45, 2.75) is 56.3 Å². The Balaban J connectivity index is 1.51. The summed E-state index contributed by atoms with van der Waals surface area (Å²) in [6, 6.07) is 2.70. The van der Waals surface area contributed by atoms with Crippen molar-refractivity contribution in [2.24, 2.45) is 5.73 Å². The maximum Gasteiger partial charge on any atom is 0.228 e. The highest BCUT2D eigenvalue weighted by Crippen LogP contribution is 2.34. The summed E-state index contributed by atoms with van der Waals surface area (Å²) in [5, 5.41) is 0.0261. The monoisotopic (exact) mass is 450 g/mol. The quantitative estimate of drug-likeness (QED) is 0.714. The van der Waals surface area contributed by atoms with E-state index >= 15 is 0 Å². The molecule has 0 bridgehead atoms. The fraction of sp³-hybridized carbons (Fsp3) is 0.476. The predicted octanol–water partition coefficient (Wildman–Crippen LogP) is 1.76. The van der Waals surface area contributed by atoms with E-state index in [-0.39, 0.29) is 23.3 Å². The van der Waals surface area contributed by atoms with Crippen molar-refractivity contribution >= 4 is 9.84 Å². The lowest BCUT2D eigenvalue weighted by Crippen LogP contribution is -2.48. The molecular weight excluding hydrogens is 426 g/mol. The molecule has 10 heteroatoms. The van der Waals surface area contributed by atoms with E-state index in [2.05, 4.69) is 21.7 Å². The zero-order valence-corrected chi connectivity index (χ0v) is 18.1. The normalized spacial score (nSPS) is 24.0. The Hall–Kier alpha value is -2.32. The number of nitrogens with two attached hydrogens (primary N) is 1. The van der Waals surface area contributed by atoms with E-state index in [1.165, 1.54) is 0 Å². The number of ether oxygens (including phenoxy) is 1. The molecule has 2 aliphatic rings. The zero-order valence-electron chi connectivity index (χ0n) is 17.3. The third-order valence-electron chi connectivity index (χ3n) is 5.75. The molecule has 2 aromatic rings. The molecule has 0 saturated carbocycles. The Bertz CT molecular complexity index is 1170. The maximum absolute atomic E-state index is 14.2. The van der Waals surface area contributed by atoms with E-state index in [0.717, 1.165) is 30.1 Å². The highest BCUT2D eigenvalue weighted by atomic mass is 32.2. The van der Waals surface area contributed by atoms with Gasteiger partial charge in [-0.25, -0.2) is 22.2 Å². The van der Waals surface area contributed by atoms with Crippen LogP contribution in [-0.4, -0.2) is 47.8 Å². The second-order valence-corrected chi connectivity index (χ2v) is 9.86. The number of benzene rings is 1. The summed E-state index contributed by atoms with van der Waals surface area (Å²) in [6.07, 6.45) is 0.941. The lowest BCUT2D eigenvalue weighted by molar-refractivity contribution is -0.0535.